The van der Waals surface area contributed by atoms with E-state index in [1.54, 1.807) is 6.92 Å². The summed E-state index contributed by atoms with van der Waals surface area (Å²) in [5.74, 6) is 0.279. The highest BCUT2D eigenvalue weighted by molar-refractivity contribution is 5.76. The van der Waals surface area contributed by atoms with Crippen LogP contribution in [0.3, 0.4) is 0 Å². The highest BCUT2D eigenvalue weighted by Crippen LogP contribution is 2.31. The number of piperidine rings is 1. The SMILES string of the molecule is CC(=O)CC(c1ccccc1)N1CCCCC1C. The molecule has 98 valence electrons. The molecule has 1 aliphatic rings. The predicted octanol–water partition coefficient (Wildman–Crippen LogP) is 3.58. The van der Waals surface area contributed by atoms with Gasteiger partial charge in [-0.1, -0.05) is 36.8 Å². The first kappa shape index (κ1) is 13.3. The zero-order valence-corrected chi connectivity index (χ0v) is 11.4. The molecule has 2 nitrogen and oxygen atoms in total. The van der Waals surface area contributed by atoms with Crippen LogP contribution in [0.1, 0.15) is 51.1 Å². The molecular formula is C16H23NO. The van der Waals surface area contributed by atoms with Crippen LogP contribution in [0, 0.1) is 0 Å². The normalized spacial score (nSPS) is 22.7. The Kier molecular flexibility index (Phi) is 4.54. The molecule has 0 aliphatic carbocycles. The number of rotatable bonds is 4. The van der Waals surface area contributed by atoms with Gasteiger partial charge >= 0.3 is 0 Å². The van der Waals surface area contributed by atoms with Crippen molar-refractivity contribution in [3.05, 3.63) is 35.9 Å². The van der Waals surface area contributed by atoms with E-state index >= 15 is 0 Å². The molecular weight excluding hydrogens is 222 g/mol. The minimum absolute atomic E-state index is 0.263. The summed E-state index contributed by atoms with van der Waals surface area (Å²) in [7, 11) is 0. The summed E-state index contributed by atoms with van der Waals surface area (Å²) in [5.41, 5.74) is 1.28. The van der Waals surface area contributed by atoms with Gasteiger partial charge in [-0.05, 0) is 38.8 Å². The third kappa shape index (κ3) is 3.20. The van der Waals surface area contributed by atoms with Crippen LogP contribution in [-0.4, -0.2) is 23.3 Å². The zero-order chi connectivity index (χ0) is 13.0. The van der Waals surface area contributed by atoms with Gasteiger partial charge in [0, 0.05) is 18.5 Å². The summed E-state index contributed by atoms with van der Waals surface area (Å²) in [4.78, 5) is 14.1. The fraction of sp³-hybridized carbons (Fsp3) is 0.562. The fourth-order valence-corrected chi connectivity index (χ4v) is 2.96. The molecule has 0 aromatic heterocycles. The predicted molar refractivity (Wildman–Crippen MR) is 74.5 cm³/mol. The molecule has 1 heterocycles. The van der Waals surface area contributed by atoms with E-state index in [2.05, 4.69) is 36.1 Å². The number of Topliss-reactive ketones (excluding diaryl/α,β-unsaturated/α-hetero) is 1. The van der Waals surface area contributed by atoms with Crippen LogP contribution in [0.4, 0.5) is 0 Å². The first-order valence-electron chi connectivity index (χ1n) is 6.98. The molecule has 1 aromatic carbocycles. The van der Waals surface area contributed by atoms with Gasteiger partial charge in [0.15, 0.2) is 0 Å². The Hall–Kier alpha value is -1.15. The van der Waals surface area contributed by atoms with Crippen LogP contribution < -0.4 is 0 Å². The van der Waals surface area contributed by atoms with Gasteiger partial charge in [-0.3, -0.25) is 9.69 Å². The number of likely N-dealkylation sites (tertiary alicyclic amines) is 1. The lowest BCUT2D eigenvalue weighted by Gasteiger charge is -2.39. The molecule has 2 rings (SSSR count). The number of hydrogen-bond acceptors (Lipinski definition) is 2. The third-order valence-electron chi connectivity index (χ3n) is 3.92. The number of carbonyl (C=O) groups is 1. The van der Waals surface area contributed by atoms with Crippen molar-refractivity contribution in [1.82, 2.24) is 4.90 Å². The lowest BCUT2D eigenvalue weighted by atomic mass is 9.94. The molecule has 1 aliphatic heterocycles. The maximum atomic E-state index is 11.6. The number of hydrogen-bond donors (Lipinski definition) is 0. The van der Waals surface area contributed by atoms with Gasteiger partial charge < -0.3 is 0 Å². The third-order valence-corrected chi connectivity index (χ3v) is 3.92. The Morgan fingerprint density at radius 3 is 2.67 bits per heavy atom. The molecule has 0 spiro atoms. The van der Waals surface area contributed by atoms with Crippen molar-refractivity contribution in [3.8, 4) is 0 Å². The minimum atomic E-state index is 0.263. The second-order valence-corrected chi connectivity index (χ2v) is 5.42. The molecule has 2 unspecified atom stereocenters. The Bertz CT molecular complexity index is 387. The van der Waals surface area contributed by atoms with Crippen molar-refractivity contribution in [2.75, 3.05) is 6.54 Å². The van der Waals surface area contributed by atoms with Crippen LogP contribution >= 0.6 is 0 Å². The Morgan fingerprint density at radius 1 is 1.33 bits per heavy atom. The van der Waals surface area contributed by atoms with Crippen molar-refractivity contribution in [2.24, 2.45) is 0 Å². The number of ketones is 1. The van der Waals surface area contributed by atoms with Gasteiger partial charge in [-0.15, -0.1) is 0 Å². The van der Waals surface area contributed by atoms with E-state index in [1.165, 1.54) is 24.8 Å². The molecule has 0 amide bonds. The van der Waals surface area contributed by atoms with Gasteiger partial charge in [0.25, 0.3) is 0 Å². The summed E-state index contributed by atoms with van der Waals surface area (Å²) >= 11 is 0. The van der Waals surface area contributed by atoms with E-state index in [0.717, 1.165) is 6.54 Å². The summed E-state index contributed by atoms with van der Waals surface area (Å²) in [6.45, 7) is 5.10. The highest BCUT2D eigenvalue weighted by atomic mass is 16.1. The van der Waals surface area contributed by atoms with Crippen molar-refractivity contribution < 1.29 is 4.79 Å². The van der Waals surface area contributed by atoms with Gasteiger partial charge in [0.05, 0.1) is 0 Å². The Balaban J connectivity index is 2.21. The quantitative estimate of drug-likeness (QED) is 0.808. The number of nitrogens with zero attached hydrogens (tertiary/aromatic N) is 1. The van der Waals surface area contributed by atoms with Crippen LogP contribution in [0.15, 0.2) is 30.3 Å². The van der Waals surface area contributed by atoms with Crippen molar-refractivity contribution >= 4 is 5.78 Å². The lowest BCUT2D eigenvalue weighted by molar-refractivity contribution is -0.118. The number of benzene rings is 1. The second-order valence-electron chi connectivity index (χ2n) is 5.42. The summed E-state index contributed by atoms with van der Waals surface area (Å²) in [6, 6.07) is 11.3. The van der Waals surface area contributed by atoms with E-state index in [9.17, 15) is 4.79 Å². The first-order valence-corrected chi connectivity index (χ1v) is 6.98. The van der Waals surface area contributed by atoms with Gasteiger partial charge in [-0.2, -0.15) is 0 Å². The molecule has 2 atom stereocenters. The first-order chi connectivity index (χ1) is 8.68. The van der Waals surface area contributed by atoms with E-state index in [0.29, 0.717) is 12.5 Å². The van der Waals surface area contributed by atoms with Crippen molar-refractivity contribution in [2.45, 2.75) is 51.6 Å². The molecule has 2 heteroatoms. The van der Waals surface area contributed by atoms with Crippen molar-refractivity contribution in [3.63, 3.8) is 0 Å². The molecule has 1 saturated heterocycles. The largest absolute Gasteiger partial charge is 0.300 e. The standard InChI is InChI=1S/C16H23NO/c1-13-8-6-7-11-17(13)16(12-14(2)18)15-9-4-3-5-10-15/h3-5,9-10,13,16H,6-8,11-12H2,1-2H3. The lowest BCUT2D eigenvalue weighted by Crippen LogP contribution is -2.40. The number of carbonyl (C=O) groups excluding carboxylic acids is 1. The zero-order valence-electron chi connectivity index (χ0n) is 11.4. The van der Waals surface area contributed by atoms with Gasteiger partial charge in [0.2, 0.25) is 0 Å². The van der Waals surface area contributed by atoms with Crippen LogP contribution in [0.2, 0.25) is 0 Å². The van der Waals surface area contributed by atoms with Gasteiger partial charge in [-0.25, -0.2) is 0 Å². The highest BCUT2D eigenvalue weighted by Gasteiger charge is 2.27. The summed E-state index contributed by atoms with van der Waals surface area (Å²) in [5, 5.41) is 0. The second kappa shape index (κ2) is 6.14. The average Bonchev–Trinajstić information content (AvgIpc) is 2.38. The topological polar surface area (TPSA) is 20.3 Å². The molecule has 0 radical (unpaired) electrons. The van der Waals surface area contributed by atoms with Crippen LogP contribution in [-0.2, 0) is 4.79 Å². The van der Waals surface area contributed by atoms with Crippen molar-refractivity contribution in [1.29, 1.82) is 0 Å². The summed E-state index contributed by atoms with van der Waals surface area (Å²) in [6.07, 6.45) is 4.46. The molecule has 18 heavy (non-hydrogen) atoms. The fourth-order valence-electron chi connectivity index (χ4n) is 2.96. The summed E-state index contributed by atoms with van der Waals surface area (Å²) < 4.78 is 0. The molecule has 0 N–H and O–H groups in total. The maximum Gasteiger partial charge on any atom is 0.131 e. The molecule has 1 fully saturated rings. The van der Waals surface area contributed by atoms with E-state index in [-0.39, 0.29) is 11.8 Å². The van der Waals surface area contributed by atoms with Crippen LogP contribution in [0.25, 0.3) is 0 Å². The van der Waals surface area contributed by atoms with Gasteiger partial charge in [0.1, 0.15) is 5.78 Å². The smallest absolute Gasteiger partial charge is 0.131 e. The van der Waals surface area contributed by atoms with E-state index in [1.807, 2.05) is 6.07 Å². The Labute approximate surface area is 110 Å². The van der Waals surface area contributed by atoms with E-state index in [4.69, 9.17) is 0 Å². The van der Waals surface area contributed by atoms with E-state index < -0.39 is 0 Å². The average molecular weight is 245 g/mol. The maximum absolute atomic E-state index is 11.6. The van der Waals surface area contributed by atoms with Crippen LogP contribution in [0.5, 0.6) is 0 Å². The monoisotopic (exact) mass is 245 g/mol. The Morgan fingerprint density at radius 2 is 2.06 bits per heavy atom. The molecule has 1 aromatic rings. The molecule has 0 bridgehead atoms. The molecule has 0 saturated carbocycles. The minimum Gasteiger partial charge on any atom is -0.300 e.